The maximum Gasteiger partial charge on any atom is 0.331 e. The molecule has 0 aliphatic rings. The fraction of sp³-hybridized carbons (Fsp3) is 0.417. The normalized spacial score (nSPS) is 12.4. The van der Waals surface area contributed by atoms with Gasteiger partial charge in [0.05, 0.1) is 6.20 Å². The number of aromatic amines is 1. The highest BCUT2D eigenvalue weighted by Crippen LogP contribution is 2.13. The molecule has 112 valence electrons. The van der Waals surface area contributed by atoms with Crippen LogP contribution in [0.1, 0.15) is 47.8 Å². The molecule has 0 saturated carbocycles. The van der Waals surface area contributed by atoms with E-state index >= 15 is 0 Å². The molecule has 9 heteroatoms. The number of carboxylic acids is 1. The Morgan fingerprint density at radius 2 is 2.14 bits per heavy atom. The van der Waals surface area contributed by atoms with Crippen LogP contribution in [-0.4, -0.2) is 41.9 Å². The molecule has 0 bridgehead atoms. The largest absolute Gasteiger partial charge is 0.479 e. The van der Waals surface area contributed by atoms with Gasteiger partial charge < -0.3 is 10.4 Å². The Bertz CT molecular complexity index is 660. The fourth-order valence-electron chi connectivity index (χ4n) is 1.71. The monoisotopic (exact) mass is 292 g/mol. The number of H-pyrrole nitrogens is 1. The van der Waals surface area contributed by atoms with E-state index in [4.69, 9.17) is 0 Å². The lowest BCUT2D eigenvalue weighted by molar-refractivity contribution is -0.139. The van der Waals surface area contributed by atoms with Crippen molar-refractivity contribution in [3.8, 4) is 0 Å². The van der Waals surface area contributed by atoms with Gasteiger partial charge in [-0.1, -0.05) is 13.8 Å². The number of amides is 1. The Labute approximate surface area is 120 Å². The van der Waals surface area contributed by atoms with Crippen molar-refractivity contribution in [2.75, 3.05) is 0 Å². The lowest BCUT2D eigenvalue weighted by Crippen LogP contribution is -2.34. The molecule has 0 fully saturated rings. The first-order valence-electron chi connectivity index (χ1n) is 6.33. The van der Waals surface area contributed by atoms with E-state index in [0.29, 0.717) is 11.4 Å². The Morgan fingerprint density at radius 3 is 2.62 bits per heavy atom. The topological polar surface area (TPSA) is 126 Å². The average molecular weight is 292 g/mol. The van der Waals surface area contributed by atoms with E-state index in [2.05, 4.69) is 25.6 Å². The number of aromatic nitrogens is 5. The molecule has 0 aromatic carbocycles. The molecule has 1 amide bonds. The van der Waals surface area contributed by atoms with Gasteiger partial charge in [-0.2, -0.15) is 5.10 Å². The number of nitrogens with zero attached hydrogens (tertiary/aromatic N) is 4. The number of carbonyl (C=O) groups is 2. The standard InChI is InChI=1S/C12H16N6O3/c1-6(2)9-15-10(17-16-9)11(19)14-8(12(20)21)7-4-13-18(3)5-7/h4-6,8H,1-3H3,(H,14,19)(H,20,21)(H,15,16,17). The van der Waals surface area contributed by atoms with Crippen molar-refractivity contribution in [2.24, 2.45) is 7.05 Å². The second-order valence-corrected chi connectivity index (χ2v) is 4.89. The van der Waals surface area contributed by atoms with E-state index < -0.39 is 17.9 Å². The molecule has 2 aromatic heterocycles. The first kappa shape index (κ1) is 14.7. The third kappa shape index (κ3) is 3.25. The van der Waals surface area contributed by atoms with Gasteiger partial charge in [-0.05, 0) is 0 Å². The van der Waals surface area contributed by atoms with Crippen LogP contribution in [0.15, 0.2) is 12.4 Å². The second-order valence-electron chi connectivity index (χ2n) is 4.89. The first-order chi connectivity index (χ1) is 9.88. The summed E-state index contributed by atoms with van der Waals surface area (Å²) < 4.78 is 1.46. The van der Waals surface area contributed by atoms with Crippen molar-refractivity contribution < 1.29 is 14.7 Å². The molecule has 1 unspecified atom stereocenters. The summed E-state index contributed by atoms with van der Waals surface area (Å²) in [7, 11) is 1.66. The molecular formula is C12H16N6O3. The number of rotatable bonds is 5. The van der Waals surface area contributed by atoms with Crippen LogP contribution in [0.3, 0.4) is 0 Å². The summed E-state index contributed by atoms with van der Waals surface area (Å²) in [6.07, 6.45) is 2.91. The van der Waals surface area contributed by atoms with E-state index in [9.17, 15) is 14.7 Å². The Morgan fingerprint density at radius 1 is 1.43 bits per heavy atom. The zero-order valence-electron chi connectivity index (χ0n) is 11.9. The minimum atomic E-state index is -1.20. The summed E-state index contributed by atoms with van der Waals surface area (Å²) in [6, 6.07) is -1.20. The molecule has 3 N–H and O–H groups in total. The SMILES string of the molecule is CC(C)c1nc(C(=O)NC(C(=O)O)c2cnn(C)c2)n[nH]1. The molecule has 0 aliphatic heterocycles. The van der Waals surface area contributed by atoms with Crippen LogP contribution in [0, 0.1) is 0 Å². The molecule has 21 heavy (non-hydrogen) atoms. The molecule has 2 rings (SSSR count). The van der Waals surface area contributed by atoms with E-state index in [0.717, 1.165) is 0 Å². The zero-order valence-corrected chi connectivity index (χ0v) is 11.9. The van der Waals surface area contributed by atoms with Crippen LogP contribution in [0.5, 0.6) is 0 Å². The number of carbonyl (C=O) groups excluding carboxylic acids is 1. The predicted octanol–water partition coefficient (Wildman–Crippen LogP) is 0.217. The van der Waals surface area contributed by atoms with Crippen LogP contribution in [0.4, 0.5) is 0 Å². The number of carboxylic acid groups (broad SMARTS) is 1. The second kappa shape index (κ2) is 5.73. The number of aliphatic carboxylic acids is 1. The summed E-state index contributed by atoms with van der Waals surface area (Å²) >= 11 is 0. The van der Waals surface area contributed by atoms with Crippen molar-refractivity contribution in [3.63, 3.8) is 0 Å². The minimum absolute atomic E-state index is 0.0890. The molecule has 9 nitrogen and oxygen atoms in total. The quantitative estimate of drug-likeness (QED) is 0.723. The van der Waals surface area contributed by atoms with Crippen LogP contribution < -0.4 is 5.32 Å². The van der Waals surface area contributed by atoms with E-state index in [1.54, 1.807) is 7.05 Å². The number of hydrogen-bond donors (Lipinski definition) is 3. The smallest absolute Gasteiger partial charge is 0.331 e. The van der Waals surface area contributed by atoms with Crippen molar-refractivity contribution >= 4 is 11.9 Å². The Hall–Kier alpha value is -2.71. The lowest BCUT2D eigenvalue weighted by atomic mass is 10.1. The zero-order chi connectivity index (χ0) is 15.6. The van der Waals surface area contributed by atoms with Gasteiger partial charge >= 0.3 is 5.97 Å². The molecule has 0 aliphatic carbocycles. The van der Waals surface area contributed by atoms with Crippen molar-refractivity contribution in [1.29, 1.82) is 0 Å². The predicted molar refractivity (Wildman–Crippen MR) is 71.5 cm³/mol. The molecular weight excluding hydrogens is 276 g/mol. The third-order valence-electron chi connectivity index (χ3n) is 2.83. The van der Waals surface area contributed by atoms with Gasteiger partial charge in [0.2, 0.25) is 5.82 Å². The number of aryl methyl sites for hydroxylation is 1. The molecule has 0 radical (unpaired) electrons. The molecule has 0 saturated heterocycles. The minimum Gasteiger partial charge on any atom is -0.479 e. The van der Waals surface area contributed by atoms with Gasteiger partial charge in [0.15, 0.2) is 6.04 Å². The average Bonchev–Trinajstić information content (AvgIpc) is 3.04. The summed E-state index contributed by atoms with van der Waals surface area (Å²) in [5.41, 5.74) is 0.373. The van der Waals surface area contributed by atoms with E-state index in [1.165, 1.54) is 17.1 Å². The van der Waals surface area contributed by atoms with Crippen LogP contribution in [0.2, 0.25) is 0 Å². The summed E-state index contributed by atoms with van der Waals surface area (Å²) in [5, 5.41) is 21.9. The maximum absolute atomic E-state index is 12.0. The lowest BCUT2D eigenvalue weighted by Gasteiger charge is -2.11. The highest BCUT2D eigenvalue weighted by Gasteiger charge is 2.25. The Kier molecular flexibility index (Phi) is 4.01. The first-order valence-corrected chi connectivity index (χ1v) is 6.33. The Balaban J connectivity index is 2.16. The van der Waals surface area contributed by atoms with Gasteiger partial charge in [0.1, 0.15) is 5.82 Å². The summed E-state index contributed by atoms with van der Waals surface area (Å²) in [4.78, 5) is 27.3. The molecule has 0 spiro atoms. The summed E-state index contributed by atoms with van der Waals surface area (Å²) in [5.74, 6) is -1.28. The van der Waals surface area contributed by atoms with Crippen LogP contribution >= 0.6 is 0 Å². The molecule has 2 heterocycles. The third-order valence-corrected chi connectivity index (χ3v) is 2.83. The van der Waals surface area contributed by atoms with Gasteiger partial charge in [-0.15, -0.1) is 5.10 Å². The highest BCUT2D eigenvalue weighted by atomic mass is 16.4. The van der Waals surface area contributed by atoms with Gasteiger partial charge in [0.25, 0.3) is 5.91 Å². The van der Waals surface area contributed by atoms with Crippen LogP contribution in [-0.2, 0) is 11.8 Å². The van der Waals surface area contributed by atoms with Gasteiger partial charge in [-0.3, -0.25) is 14.6 Å². The van der Waals surface area contributed by atoms with Crippen molar-refractivity contribution in [3.05, 3.63) is 29.6 Å². The maximum atomic E-state index is 12.0. The van der Waals surface area contributed by atoms with Gasteiger partial charge in [0, 0.05) is 24.7 Å². The highest BCUT2D eigenvalue weighted by molar-refractivity contribution is 5.93. The molecule has 2 aromatic rings. The van der Waals surface area contributed by atoms with Crippen LogP contribution in [0.25, 0.3) is 0 Å². The van der Waals surface area contributed by atoms with Crippen molar-refractivity contribution in [1.82, 2.24) is 30.3 Å². The van der Waals surface area contributed by atoms with E-state index in [-0.39, 0.29) is 11.7 Å². The molecule has 1 atom stereocenters. The van der Waals surface area contributed by atoms with Crippen molar-refractivity contribution in [2.45, 2.75) is 25.8 Å². The van der Waals surface area contributed by atoms with Gasteiger partial charge in [-0.25, -0.2) is 9.78 Å². The fourth-order valence-corrected chi connectivity index (χ4v) is 1.71. The summed E-state index contributed by atoms with van der Waals surface area (Å²) in [6.45, 7) is 3.80. The number of nitrogens with one attached hydrogen (secondary N) is 2. The number of hydrogen-bond acceptors (Lipinski definition) is 5. The van der Waals surface area contributed by atoms with E-state index in [1.807, 2.05) is 13.8 Å².